The molecule has 1 amide bonds. The van der Waals surface area contributed by atoms with E-state index >= 15 is 0 Å². The molecule has 0 unspecified atom stereocenters. The van der Waals surface area contributed by atoms with Crippen molar-refractivity contribution in [3.8, 4) is 11.4 Å². The van der Waals surface area contributed by atoms with Crippen LogP contribution in [0.1, 0.15) is 29.8 Å². The van der Waals surface area contributed by atoms with Gasteiger partial charge in [0.05, 0.1) is 21.6 Å². The third kappa shape index (κ3) is 4.77. The number of sulfonamides is 1. The molecule has 0 spiro atoms. The first-order valence-electron chi connectivity index (χ1n) is 11.3. The number of hydrogen-bond donors (Lipinski definition) is 1. The quantitative estimate of drug-likeness (QED) is 0.393. The molecular formula is C26H27FN4O3S. The Labute approximate surface area is 204 Å². The van der Waals surface area contributed by atoms with E-state index in [-0.39, 0.29) is 10.8 Å². The summed E-state index contributed by atoms with van der Waals surface area (Å²) in [6.45, 7) is 6.80. The smallest absolute Gasteiger partial charge is 0.262 e. The van der Waals surface area contributed by atoms with Gasteiger partial charge in [-0.25, -0.2) is 17.8 Å². The zero-order chi connectivity index (χ0) is 25.3. The summed E-state index contributed by atoms with van der Waals surface area (Å²) in [5.41, 5.74) is 3.63. The Kier molecular flexibility index (Phi) is 6.62. The minimum absolute atomic E-state index is 0.0167. The molecule has 0 radical (unpaired) electrons. The fourth-order valence-electron chi connectivity index (χ4n) is 4.05. The largest absolute Gasteiger partial charge is 0.339 e. The maximum absolute atomic E-state index is 13.7. The van der Waals surface area contributed by atoms with Crippen LogP contribution in [0, 0.1) is 12.7 Å². The highest BCUT2D eigenvalue weighted by Gasteiger charge is 2.19. The molecule has 1 heterocycles. The topological polar surface area (TPSA) is 84.3 Å². The Bertz CT molecular complexity index is 1510. The number of carbonyl (C=O) groups excluding carboxylic acids is 1. The summed E-state index contributed by atoms with van der Waals surface area (Å²) in [6.07, 6.45) is 0. The van der Waals surface area contributed by atoms with E-state index in [0.29, 0.717) is 41.2 Å². The second-order valence-corrected chi connectivity index (χ2v) is 9.92. The first kappa shape index (κ1) is 24.4. The van der Waals surface area contributed by atoms with Crippen LogP contribution in [-0.2, 0) is 17.1 Å². The van der Waals surface area contributed by atoms with Crippen molar-refractivity contribution in [2.45, 2.75) is 25.7 Å². The van der Waals surface area contributed by atoms with Gasteiger partial charge in [0.1, 0.15) is 11.6 Å². The van der Waals surface area contributed by atoms with Crippen LogP contribution in [0.5, 0.6) is 0 Å². The van der Waals surface area contributed by atoms with Crippen molar-refractivity contribution in [3.05, 3.63) is 77.6 Å². The van der Waals surface area contributed by atoms with Gasteiger partial charge in [0.15, 0.2) is 0 Å². The number of hydrogen-bond acceptors (Lipinski definition) is 4. The molecule has 7 nitrogen and oxygen atoms in total. The highest BCUT2D eigenvalue weighted by molar-refractivity contribution is 7.92. The van der Waals surface area contributed by atoms with Gasteiger partial charge < -0.3 is 9.47 Å². The maximum atomic E-state index is 13.7. The number of anilines is 1. The molecule has 1 N–H and O–H groups in total. The first-order valence-corrected chi connectivity index (χ1v) is 12.8. The van der Waals surface area contributed by atoms with Crippen molar-refractivity contribution in [2.75, 3.05) is 17.8 Å². The van der Waals surface area contributed by atoms with Crippen molar-refractivity contribution in [3.63, 3.8) is 0 Å². The summed E-state index contributed by atoms with van der Waals surface area (Å²) in [4.78, 5) is 18.9. The molecule has 3 aromatic carbocycles. The van der Waals surface area contributed by atoms with Crippen LogP contribution in [-0.4, -0.2) is 41.9 Å². The molecule has 4 aromatic rings. The van der Waals surface area contributed by atoms with Crippen LogP contribution < -0.4 is 4.72 Å². The average Bonchev–Trinajstić information content (AvgIpc) is 3.16. The molecule has 0 saturated heterocycles. The normalized spacial score (nSPS) is 11.6. The monoisotopic (exact) mass is 494 g/mol. The van der Waals surface area contributed by atoms with Crippen molar-refractivity contribution >= 4 is 32.7 Å². The molecule has 0 atom stereocenters. The number of carbonyl (C=O) groups is 1. The fraction of sp³-hybridized carbons (Fsp3) is 0.231. The zero-order valence-corrected chi connectivity index (χ0v) is 20.9. The number of amides is 1. The lowest BCUT2D eigenvalue weighted by Crippen LogP contribution is -2.30. The summed E-state index contributed by atoms with van der Waals surface area (Å²) in [6, 6.07) is 16.0. The van der Waals surface area contributed by atoms with Crippen LogP contribution in [0.4, 0.5) is 10.1 Å². The molecule has 35 heavy (non-hydrogen) atoms. The van der Waals surface area contributed by atoms with E-state index in [1.54, 1.807) is 42.2 Å². The Balaban J connectivity index is 1.64. The van der Waals surface area contributed by atoms with Gasteiger partial charge in [0.25, 0.3) is 15.9 Å². The number of nitrogens with one attached hydrogen (secondary N) is 1. The predicted octanol–water partition coefficient (Wildman–Crippen LogP) is 4.97. The van der Waals surface area contributed by atoms with E-state index in [0.717, 1.165) is 17.1 Å². The molecule has 0 saturated carbocycles. The lowest BCUT2D eigenvalue weighted by molar-refractivity contribution is 0.0773. The Hall–Kier alpha value is -3.72. The van der Waals surface area contributed by atoms with Gasteiger partial charge in [-0.1, -0.05) is 18.2 Å². The van der Waals surface area contributed by atoms with E-state index in [2.05, 4.69) is 4.72 Å². The summed E-state index contributed by atoms with van der Waals surface area (Å²) in [7, 11) is -2.10. The molecule has 0 bridgehead atoms. The van der Waals surface area contributed by atoms with Gasteiger partial charge in [-0.05, 0) is 68.8 Å². The van der Waals surface area contributed by atoms with Crippen molar-refractivity contribution < 1.29 is 17.6 Å². The molecule has 9 heteroatoms. The van der Waals surface area contributed by atoms with E-state index in [1.807, 2.05) is 37.6 Å². The third-order valence-corrected chi connectivity index (χ3v) is 7.54. The molecule has 0 aliphatic rings. The Morgan fingerprint density at radius 2 is 1.71 bits per heavy atom. The van der Waals surface area contributed by atoms with E-state index < -0.39 is 15.8 Å². The standard InChI is InChI=1S/C26H27FN4O3S/c1-5-31(6-2)26(32)19-10-8-18(9-11-19)25-28-22-16-21(13-14-23(22)30(25)4)29-35(33,34)24-15-20(27)12-7-17(24)3/h7-16,29H,5-6H2,1-4H3. The Morgan fingerprint density at radius 3 is 2.37 bits per heavy atom. The maximum Gasteiger partial charge on any atom is 0.262 e. The van der Waals surface area contributed by atoms with Crippen molar-refractivity contribution in [1.29, 1.82) is 0 Å². The number of benzene rings is 3. The van der Waals surface area contributed by atoms with Crippen molar-refractivity contribution in [1.82, 2.24) is 14.5 Å². The van der Waals surface area contributed by atoms with Crippen LogP contribution in [0.15, 0.2) is 65.6 Å². The average molecular weight is 495 g/mol. The number of fused-ring (bicyclic) bond motifs is 1. The third-order valence-electron chi connectivity index (χ3n) is 6.01. The molecule has 1 aromatic heterocycles. The fourth-order valence-corrected chi connectivity index (χ4v) is 5.36. The number of aromatic nitrogens is 2. The highest BCUT2D eigenvalue weighted by Crippen LogP contribution is 2.28. The predicted molar refractivity (Wildman–Crippen MR) is 135 cm³/mol. The van der Waals surface area contributed by atoms with Gasteiger partial charge in [-0.15, -0.1) is 0 Å². The van der Waals surface area contributed by atoms with Crippen LogP contribution in [0.25, 0.3) is 22.4 Å². The molecule has 182 valence electrons. The van der Waals surface area contributed by atoms with Gasteiger partial charge >= 0.3 is 0 Å². The molecular weight excluding hydrogens is 467 g/mol. The second-order valence-electron chi connectivity index (χ2n) is 8.27. The zero-order valence-electron chi connectivity index (χ0n) is 20.0. The van der Waals surface area contributed by atoms with Crippen molar-refractivity contribution in [2.24, 2.45) is 7.05 Å². The number of halogens is 1. The minimum Gasteiger partial charge on any atom is -0.339 e. The van der Waals surface area contributed by atoms with E-state index in [4.69, 9.17) is 4.98 Å². The highest BCUT2D eigenvalue weighted by atomic mass is 32.2. The van der Waals surface area contributed by atoms with Crippen LogP contribution >= 0.6 is 0 Å². The molecule has 0 aliphatic heterocycles. The number of aryl methyl sites for hydroxylation is 2. The van der Waals surface area contributed by atoms with E-state index in [1.165, 1.54) is 12.1 Å². The first-order chi connectivity index (χ1) is 16.6. The van der Waals surface area contributed by atoms with E-state index in [9.17, 15) is 17.6 Å². The number of nitrogens with zero attached hydrogens (tertiary/aromatic N) is 3. The molecule has 0 aliphatic carbocycles. The van der Waals surface area contributed by atoms with Gasteiger partial charge in [0, 0.05) is 31.3 Å². The van der Waals surface area contributed by atoms with Gasteiger partial charge in [0.2, 0.25) is 0 Å². The van der Waals surface area contributed by atoms with Gasteiger partial charge in [-0.3, -0.25) is 9.52 Å². The molecule has 0 fully saturated rings. The minimum atomic E-state index is -3.98. The summed E-state index contributed by atoms with van der Waals surface area (Å²) in [5, 5.41) is 0. The summed E-state index contributed by atoms with van der Waals surface area (Å²) < 4.78 is 43.8. The van der Waals surface area contributed by atoms with Crippen LogP contribution in [0.2, 0.25) is 0 Å². The van der Waals surface area contributed by atoms with Gasteiger partial charge in [-0.2, -0.15) is 0 Å². The SMILES string of the molecule is CCN(CC)C(=O)c1ccc(-c2nc3cc(NS(=O)(=O)c4cc(F)ccc4C)ccc3n2C)cc1. The Morgan fingerprint density at radius 1 is 1.03 bits per heavy atom. The number of imidazole rings is 1. The number of rotatable bonds is 7. The molecule has 4 rings (SSSR count). The lowest BCUT2D eigenvalue weighted by atomic mass is 10.1. The summed E-state index contributed by atoms with van der Waals surface area (Å²) >= 11 is 0. The van der Waals surface area contributed by atoms with Crippen LogP contribution in [0.3, 0.4) is 0 Å². The lowest BCUT2D eigenvalue weighted by Gasteiger charge is -2.18. The second kappa shape index (κ2) is 9.50. The summed E-state index contributed by atoms with van der Waals surface area (Å²) in [5.74, 6) is 0.0467.